The van der Waals surface area contributed by atoms with Crippen LogP contribution in [0.4, 0.5) is 8.78 Å². The highest BCUT2D eigenvalue weighted by atomic mass is 19.3. The van der Waals surface area contributed by atoms with E-state index in [0.717, 1.165) is 12.0 Å². The summed E-state index contributed by atoms with van der Waals surface area (Å²) in [6.45, 7) is 7.32. The topological polar surface area (TPSA) is 9.23 Å². The molecule has 0 spiro atoms. The van der Waals surface area contributed by atoms with Gasteiger partial charge in [0, 0.05) is 5.56 Å². The van der Waals surface area contributed by atoms with E-state index in [-0.39, 0.29) is 5.56 Å². The molecule has 1 nitrogen and oxygen atoms in total. The maximum absolute atomic E-state index is 12.5. The Kier molecular flexibility index (Phi) is 5.74. The van der Waals surface area contributed by atoms with Crippen LogP contribution in [0.25, 0.3) is 0 Å². The first-order valence-electron chi connectivity index (χ1n) is 7.96. The number of hydrogen-bond acceptors (Lipinski definition) is 1. The van der Waals surface area contributed by atoms with Crippen molar-refractivity contribution in [3.8, 4) is 0 Å². The first-order valence-corrected chi connectivity index (χ1v) is 7.96. The van der Waals surface area contributed by atoms with Crippen molar-refractivity contribution < 1.29 is 13.5 Å². The van der Waals surface area contributed by atoms with Crippen molar-refractivity contribution >= 4 is 0 Å². The SMILES string of the molecule is CC(C)[C@@H]1CC[C@@H](C)C[C@H]1OCc1ccc(C(F)F)cc1. The monoisotopic (exact) mass is 296 g/mol. The molecule has 1 aromatic carbocycles. The lowest BCUT2D eigenvalue weighted by atomic mass is 9.75. The van der Waals surface area contributed by atoms with Crippen molar-refractivity contribution in [3.05, 3.63) is 35.4 Å². The number of hydrogen-bond donors (Lipinski definition) is 0. The third-order valence-electron chi connectivity index (χ3n) is 4.66. The minimum absolute atomic E-state index is 0.0742. The van der Waals surface area contributed by atoms with Crippen LogP contribution in [-0.2, 0) is 11.3 Å². The van der Waals surface area contributed by atoms with Crippen molar-refractivity contribution in [2.24, 2.45) is 17.8 Å². The molecule has 0 N–H and O–H groups in total. The number of alkyl halides is 2. The predicted octanol–water partition coefficient (Wildman–Crippen LogP) is 5.60. The van der Waals surface area contributed by atoms with Crippen molar-refractivity contribution in [1.82, 2.24) is 0 Å². The summed E-state index contributed by atoms with van der Waals surface area (Å²) < 4.78 is 31.2. The van der Waals surface area contributed by atoms with Crippen LogP contribution in [0, 0.1) is 17.8 Å². The Morgan fingerprint density at radius 2 is 1.81 bits per heavy atom. The number of ether oxygens (including phenoxy) is 1. The molecular weight excluding hydrogens is 270 g/mol. The predicted molar refractivity (Wildman–Crippen MR) is 81.3 cm³/mol. The molecule has 0 heterocycles. The van der Waals surface area contributed by atoms with Crippen LogP contribution < -0.4 is 0 Å². The lowest BCUT2D eigenvalue weighted by Crippen LogP contribution is -2.34. The highest BCUT2D eigenvalue weighted by Gasteiger charge is 2.31. The Bertz CT molecular complexity index is 427. The van der Waals surface area contributed by atoms with Crippen LogP contribution in [0.3, 0.4) is 0 Å². The van der Waals surface area contributed by atoms with E-state index in [1.54, 1.807) is 12.1 Å². The van der Waals surface area contributed by atoms with Gasteiger partial charge >= 0.3 is 0 Å². The average molecular weight is 296 g/mol. The third-order valence-corrected chi connectivity index (χ3v) is 4.66. The summed E-state index contributed by atoms with van der Waals surface area (Å²) in [6, 6.07) is 6.48. The number of halogens is 2. The van der Waals surface area contributed by atoms with E-state index in [1.807, 2.05) is 0 Å². The molecule has 3 atom stereocenters. The van der Waals surface area contributed by atoms with Gasteiger partial charge in [0.1, 0.15) is 0 Å². The molecule has 0 radical (unpaired) electrons. The summed E-state index contributed by atoms with van der Waals surface area (Å²) in [7, 11) is 0. The number of rotatable bonds is 5. The standard InChI is InChI=1S/C18H26F2O/c1-12(2)16-9-4-13(3)10-17(16)21-11-14-5-7-15(8-6-14)18(19)20/h5-8,12-13,16-18H,4,9-11H2,1-3H3/t13-,16+,17-/m1/s1. The smallest absolute Gasteiger partial charge is 0.263 e. The molecule has 0 unspecified atom stereocenters. The zero-order chi connectivity index (χ0) is 15.4. The van der Waals surface area contributed by atoms with Crippen LogP contribution in [0.15, 0.2) is 24.3 Å². The molecule has 0 bridgehead atoms. The molecule has 1 saturated carbocycles. The van der Waals surface area contributed by atoms with Crippen LogP contribution in [0.5, 0.6) is 0 Å². The second kappa shape index (κ2) is 7.35. The van der Waals surface area contributed by atoms with Crippen LogP contribution >= 0.6 is 0 Å². The maximum atomic E-state index is 12.5. The molecule has 0 saturated heterocycles. The quantitative estimate of drug-likeness (QED) is 0.687. The Morgan fingerprint density at radius 1 is 1.14 bits per heavy atom. The Labute approximate surface area is 126 Å². The van der Waals surface area contributed by atoms with Gasteiger partial charge in [0.05, 0.1) is 12.7 Å². The van der Waals surface area contributed by atoms with Crippen LogP contribution in [0.1, 0.15) is 57.6 Å². The van der Waals surface area contributed by atoms with E-state index in [4.69, 9.17) is 4.74 Å². The average Bonchev–Trinajstić information content (AvgIpc) is 2.45. The van der Waals surface area contributed by atoms with E-state index in [1.165, 1.54) is 25.0 Å². The van der Waals surface area contributed by atoms with Gasteiger partial charge in [-0.25, -0.2) is 8.78 Å². The van der Waals surface area contributed by atoms with Gasteiger partial charge in [-0.2, -0.15) is 0 Å². The molecule has 0 aromatic heterocycles. The van der Waals surface area contributed by atoms with E-state index in [2.05, 4.69) is 20.8 Å². The zero-order valence-electron chi connectivity index (χ0n) is 13.2. The van der Waals surface area contributed by atoms with Gasteiger partial charge in [-0.15, -0.1) is 0 Å². The maximum Gasteiger partial charge on any atom is 0.263 e. The van der Waals surface area contributed by atoms with E-state index < -0.39 is 6.43 Å². The largest absolute Gasteiger partial charge is 0.373 e. The Hall–Kier alpha value is -0.960. The molecule has 1 aromatic rings. The van der Waals surface area contributed by atoms with Gasteiger partial charge in [-0.1, -0.05) is 51.5 Å². The fourth-order valence-corrected chi connectivity index (χ4v) is 3.27. The third kappa shape index (κ3) is 4.50. The summed E-state index contributed by atoms with van der Waals surface area (Å²) in [5.74, 6) is 1.96. The Morgan fingerprint density at radius 3 is 2.38 bits per heavy atom. The summed E-state index contributed by atoms with van der Waals surface area (Å²) in [5, 5.41) is 0. The molecule has 3 heteroatoms. The molecule has 1 fully saturated rings. The van der Waals surface area contributed by atoms with Crippen LogP contribution in [0.2, 0.25) is 0 Å². The molecular formula is C18H26F2O. The second-order valence-corrected chi connectivity index (χ2v) is 6.72. The minimum atomic E-state index is -2.40. The highest BCUT2D eigenvalue weighted by Crippen LogP contribution is 2.35. The molecule has 0 amide bonds. The molecule has 1 aliphatic carbocycles. The van der Waals surface area contributed by atoms with E-state index >= 15 is 0 Å². The lowest BCUT2D eigenvalue weighted by molar-refractivity contribution is -0.0472. The van der Waals surface area contributed by atoms with E-state index in [9.17, 15) is 8.78 Å². The zero-order valence-corrected chi connectivity index (χ0v) is 13.2. The summed E-state index contributed by atoms with van der Waals surface area (Å²) >= 11 is 0. The molecule has 1 aliphatic rings. The molecule has 118 valence electrons. The van der Waals surface area contributed by atoms with Gasteiger partial charge in [0.15, 0.2) is 0 Å². The summed E-state index contributed by atoms with van der Waals surface area (Å²) in [5.41, 5.74) is 1.05. The van der Waals surface area contributed by atoms with Gasteiger partial charge < -0.3 is 4.74 Å². The summed E-state index contributed by atoms with van der Waals surface area (Å²) in [4.78, 5) is 0. The van der Waals surface area contributed by atoms with Crippen molar-refractivity contribution in [2.75, 3.05) is 0 Å². The molecule has 2 rings (SSSR count). The van der Waals surface area contributed by atoms with Gasteiger partial charge in [0.25, 0.3) is 6.43 Å². The first kappa shape index (κ1) is 16.4. The van der Waals surface area contributed by atoms with Crippen molar-refractivity contribution in [1.29, 1.82) is 0 Å². The van der Waals surface area contributed by atoms with Gasteiger partial charge in [0.2, 0.25) is 0 Å². The van der Waals surface area contributed by atoms with Crippen LogP contribution in [-0.4, -0.2) is 6.10 Å². The Balaban J connectivity index is 1.93. The van der Waals surface area contributed by atoms with Gasteiger partial charge in [-0.3, -0.25) is 0 Å². The fourth-order valence-electron chi connectivity index (χ4n) is 3.27. The molecule has 0 aliphatic heterocycles. The lowest BCUT2D eigenvalue weighted by Gasteiger charge is -2.37. The summed E-state index contributed by atoms with van der Waals surface area (Å²) in [6.07, 6.45) is 1.52. The van der Waals surface area contributed by atoms with Gasteiger partial charge in [-0.05, 0) is 36.2 Å². The van der Waals surface area contributed by atoms with Crippen molar-refractivity contribution in [2.45, 2.75) is 59.2 Å². The minimum Gasteiger partial charge on any atom is -0.373 e. The van der Waals surface area contributed by atoms with Crippen molar-refractivity contribution in [3.63, 3.8) is 0 Å². The first-order chi connectivity index (χ1) is 9.97. The second-order valence-electron chi connectivity index (χ2n) is 6.72. The highest BCUT2D eigenvalue weighted by molar-refractivity contribution is 5.22. The normalized spacial score (nSPS) is 26.5. The number of benzene rings is 1. The van der Waals surface area contributed by atoms with E-state index in [0.29, 0.717) is 30.5 Å². The fraction of sp³-hybridized carbons (Fsp3) is 0.667. The molecule has 21 heavy (non-hydrogen) atoms.